The fourth-order valence-electron chi connectivity index (χ4n) is 1.96. The second-order valence-corrected chi connectivity index (χ2v) is 4.05. The summed E-state index contributed by atoms with van der Waals surface area (Å²) in [5.41, 5.74) is 6.09. The lowest BCUT2D eigenvalue weighted by Crippen LogP contribution is -2.28. The Hall–Kier alpha value is -1.18. The standard InChI is InChI=1S/C12H18N2/c1-10-8-9-11(2)14(10)13-12-6-4-3-5-7-12/h4,6,8-9,12-13H,3,5,7H2,1-2H3. The zero-order valence-corrected chi connectivity index (χ0v) is 8.96. The van der Waals surface area contributed by atoms with Gasteiger partial charge in [-0.3, -0.25) is 4.68 Å². The van der Waals surface area contributed by atoms with Crippen LogP contribution in [0, 0.1) is 13.8 Å². The van der Waals surface area contributed by atoms with Crippen LogP contribution in [0.3, 0.4) is 0 Å². The van der Waals surface area contributed by atoms with Crippen molar-refractivity contribution in [2.24, 2.45) is 0 Å². The zero-order valence-electron chi connectivity index (χ0n) is 8.96. The molecular weight excluding hydrogens is 172 g/mol. The minimum Gasteiger partial charge on any atom is -0.319 e. The third-order valence-electron chi connectivity index (χ3n) is 2.82. The van der Waals surface area contributed by atoms with Gasteiger partial charge in [-0.05, 0) is 45.2 Å². The van der Waals surface area contributed by atoms with E-state index in [1.54, 1.807) is 0 Å². The Labute approximate surface area is 85.6 Å². The average Bonchev–Trinajstić information content (AvgIpc) is 2.51. The third-order valence-corrected chi connectivity index (χ3v) is 2.82. The number of aryl methyl sites for hydroxylation is 2. The molecule has 2 nitrogen and oxygen atoms in total. The van der Waals surface area contributed by atoms with Crippen LogP contribution < -0.4 is 5.43 Å². The molecule has 14 heavy (non-hydrogen) atoms. The van der Waals surface area contributed by atoms with Gasteiger partial charge >= 0.3 is 0 Å². The molecule has 1 atom stereocenters. The first-order valence-electron chi connectivity index (χ1n) is 5.35. The minimum absolute atomic E-state index is 0.508. The van der Waals surface area contributed by atoms with Crippen molar-refractivity contribution in [1.29, 1.82) is 0 Å². The van der Waals surface area contributed by atoms with Gasteiger partial charge < -0.3 is 5.43 Å². The van der Waals surface area contributed by atoms with Crippen LogP contribution in [0.25, 0.3) is 0 Å². The van der Waals surface area contributed by atoms with Gasteiger partial charge in [-0.1, -0.05) is 12.2 Å². The van der Waals surface area contributed by atoms with Crippen LogP contribution in [0.5, 0.6) is 0 Å². The maximum atomic E-state index is 3.53. The van der Waals surface area contributed by atoms with E-state index in [4.69, 9.17) is 0 Å². The molecule has 0 fully saturated rings. The van der Waals surface area contributed by atoms with Gasteiger partial charge in [-0.25, -0.2) is 0 Å². The summed E-state index contributed by atoms with van der Waals surface area (Å²) in [6.07, 6.45) is 8.33. The average molecular weight is 190 g/mol. The highest BCUT2D eigenvalue weighted by molar-refractivity contribution is 5.17. The molecule has 1 aliphatic rings. The predicted molar refractivity (Wildman–Crippen MR) is 60.0 cm³/mol. The van der Waals surface area contributed by atoms with Crippen LogP contribution in [-0.4, -0.2) is 10.7 Å². The molecule has 1 aromatic heterocycles. The Bertz CT molecular complexity index is 317. The molecule has 1 unspecified atom stereocenters. The number of aromatic nitrogens is 1. The molecule has 0 aliphatic heterocycles. The maximum Gasteiger partial charge on any atom is 0.0604 e. The van der Waals surface area contributed by atoms with Gasteiger partial charge in [0.05, 0.1) is 6.04 Å². The van der Waals surface area contributed by atoms with Crippen molar-refractivity contribution in [3.8, 4) is 0 Å². The Morgan fingerprint density at radius 1 is 1.29 bits per heavy atom. The molecule has 2 rings (SSSR count). The summed E-state index contributed by atoms with van der Waals surface area (Å²) >= 11 is 0. The molecule has 0 radical (unpaired) electrons. The van der Waals surface area contributed by atoms with Crippen LogP contribution in [-0.2, 0) is 0 Å². The van der Waals surface area contributed by atoms with Crippen molar-refractivity contribution >= 4 is 0 Å². The van der Waals surface area contributed by atoms with E-state index in [0.717, 1.165) is 0 Å². The second kappa shape index (κ2) is 3.91. The topological polar surface area (TPSA) is 17.0 Å². The smallest absolute Gasteiger partial charge is 0.0604 e. The van der Waals surface area contributed by atoms with Crippen molar-refractivity contribution in [1.82, 2.24) is 4.68 Å². The number of hydrogen-bond donors (Lipinski definition) is 1. The van der Waals surface area contributed by atoms with Gasteiger partial charge in [0.1, 0.15) is 0 Å². The van der Waals surface area contributed by atoms with Crippen LogP contribution in [0.15, 0.2) is 24.3 Å². The Balaban J connectivity index is 2.09. The summed E-state index contributed by atoms with van der Waals surface area (Å²) in [5.74, 6) is 0. The summed E-state index contributed by atoms with van der Waals surface area (Å²) in [7, 11) is 0. The first-order valence-corrected chi connectivity index (χ1v) is 5.35. The first-order chi connectivity index (χ1) is 6.77. The summed E-state index contributed by atoms with van der Waals surface area (Å²) in [6, 6.07) is 4.80. The van der Waals surface area contributed by atoms with Crippen molar-refractivity contribution in [2.75, 3.05) is 5.43 Å². The van der Waals surface area contributed by atoms with Gasteiger partial charge in [-0.15, -0.1) is 0 Å². The molecule has 0 amide bonds. The molecule has 1 N–H and O–H groups in total. The minimum atomic E-state index is 0.508. The first kappa shape index (κ1) is 9.38. The molecule has 0 bridgehead atoms. The fourth-order valence-corrected chi connectivity index (χ4v) is 1.96. The Morgan fingerprint density at radius 3 is 2.57 bits per heavy atom. The highest BCUT2D eigenvalue weighted by Crippen LogP contribution is 2.13. The number of nitrogens with one attached hydrogen (secondary N) is 1. The van der Waals surface area contributed by atoms with Gasteiger partial charge in [0.2, 0.25) is 0 Å². The van der Waals surface area contributed by atoms with Crippen LogP contribution >= 0.6 is 0 Å². The monoisotopic (exact) mass is 190 g/mol. The summed E-state index contributed by atoms with van der Waals surface area (Å²) in [5, 5.41) is 0. The quantitative estimate of drug-likeness (QED) is 0.709. The van der Waals surface area contributed by atoms with E-state index in [9.17, 15) is 0 Å². The lowest BCUT2D eigenvalue weighted by atomic mass is 10.0. The number of rotatable bonds is 2. The number of hydrogen-bond acceptors (Lipinski definition) is 1. The van der Waals surface area contributed by atoms with Crippen molar-refractivity contribution < 1.29 is 0 Å². The maximum absolute atomic E-state index is 3.53. The predicted octanol–water partition coefficient (Wildman–Crippen LogP) is 2.76. The van der Waals surface area contributed by atoms with E-state index in [2.05, 4.69) is 48.2 Å². The van der Waals surface area contributed by atoms with E-state index >= 15 is 0 Å². The van der Waals surface area contributed by atoms with E-state index in [1.165, 1.54) is 30.7 Å². The Morgan fingerprint density at radius 2 is 2.00 bits per heavy atom. The molecular formula is C12H18N2. The zero-order chi connectivity index (χ0) is 9.97. The van der Waals surface area contributed by atoms with Crippen LogP contribution in [0.4, 0.5) is 0 Å². The highest BCUT2D eigenvalue weighted by Gasteiger charge is 2.09. The van der Waals surface area contributed by atoms with Gasteiger partial charge in [-0.2, -0.15) is 0 Å². The van der Waals surface area contributed by atoms with Gasteiger partial charge in [0.15, 0.2) is 0 Å². The normalized spacial score (nSPS) is 21.1. The van der Waals surface area contributed by atoms with E-state index in [1.807, 2.05) is 0 Å². The third kappa shape index (κ3) is 1.84. The summed E-state index contributed by atoms with van der Waals surface area (Å²) < 4.78 is 2.18. The second-order valence-electron chi connectivity index (χ2n) is 4.05. The molecule has 2 heteroatoms. The highest BCUT2D eigenvalue weighted by atomic mass is 15.4. The van der Waals surface area contributed by atoms with Gasteiger partial charge in [0, 0.05) is 11.4 Å². The van der Waals surface area contributed by atoms with Crippen molar-refractivity contribution in [3.63, 3.8) is 0 Å². The molecule has 0 spiro atoms. The molecule has 0 saturated carbocycles. The van der Waals surface area contributed by atoms with Crippen molar-refractivity contribution in [2.45, 2.75) is 39.2 Å². The lowest BCUT2D eigenvalue weighted by molar-refractivity contribution is 0.612. The van der Waals surface area contributed by atoms with Gasteiger partial charge in [0.25, 0.3) is 0 Å². The Kier molecular flexibility index (Phi) is 2.62. The molecule has 0 saturated heterocycles. The number of nitrogens with zero attached hydrogens (tertiary/aromatic N) is 1. The fraction of sp³-hybridized carbons (Fsp3) is 0.500. The largest absolute Gasteiger partial charge is 0.319 e. The molecule has 76 valence electrons. The van der Waals surface area contributed by atoms with Crippen LogP contribution in [0.2, 0.25) is 0 Å². The van der Waals surface area contributed by atoms with E-state index < -0.39 is 0 Å². The molecule has 1 aromatic rings. The SMILES string of the molecule is Cc1ccc(C)n1NC1C=CCCC1. The van der Waals surface area contributed by atoms with E-state index in [0.29, 0.717) is 6.04 Å². The van der Waals surface area contributed by atoms with E-state index in [-0.39, 0.29) is 0 Å². The molecule has 1 heterocycles. The van der Waals surface area contributed by atoms with Crippen LogP contribution in [0.1, 0.15) is 30.7 Å². The summed E-state index contributed by atoms with van der Waals surface area (Å²) in [4.78, 5) is 0. The summed E-state index contributed by atoms with van der Waals surface area (Å²) in [6.45, 7) is 4.26. The number of allylic oxidation sites excluding steroid dienone is 1. The molecule has 1 aliphatic carbocycles. The lowest BCUT2D eigenvalue weighted by Gasteiger charge is -2.22. The molecule has 0 aromatic carbocycles. The van der Waals surface area contributed by atoms with Crippen molar-refractivity contribution in [3.05, 3.63) is 35.7 Å².